The molecular weight excluding hydrogens is 443 g/mol. The minimum atomic E-state index is -1.59. The quantitative estimate of drug-likeness (QED) is 0.557. The predicted octanol–water partition coefficient (Wildman–Crippen LogP) is 1.90. The fraction of sp³-hybridized carbons (Fsp3) is 0.238. The molecule has 1 aliphatic rings. The highest BCUT2D eigenvalue weighted by atomic mass is 19.1. The zero-order chi connectivity index (χ0) is 23.9. The van der Waals surface area contributed by atoms with Gasteiger partial charge in [0.1, 0.15) is 24.3 Å². The van der Waals surface area contributed by atoms with Gasteiger partial charge in [-0.25, -0.2) is 22.9 Å². The first-order chi connectivity index (χ1) is 15.7. The largest absolute Gasteiger partial charge is 0.477 e. The number of benzene rings is 1. The molecule has 0 spiro atoms. The molecule has 1 fully saturated rings. The predicted molar refractivity (Wildman–Crippen MR) is 113 cm³/mol. The normalized spacial score (nSPS) is 17.2. The molecule has 1 aromatic carbocycles. The molecule has 33 heavy (non-hydrogen) atoms. The van der Waals surface area contributed by atoms with Crippen LogP contribution in [0, 0.1) is 23.4 Å². The first-order valence-corrected chi connectivity index (χ1v) is 9.74. The topological polar surface area (TPSA) is 123 Å². The molecule has 0 saturated carbocycles. The number of carbonyl (C=O) groups is 1. The summed E-state index contributed by atoms with van der Waals surface area (Å²) in [4.78, 5) is 34.9. The van der Waals surface area contributed by atoms with Crippen LogP contribution in [0.4, 0.5) is 19.0 Å². The van der Waals surface area contributed by atoms with Crippen molar-refractivity contribution in [3.63, 3.8) is 0 Å². The molecule has 172 valence electrons. The summed E-state index contributed by atoms with van der Waals surface area (Å²) in [7, 11) is 1.37. The Labute approximate surface area is 184 Å². The van der Waals surface area contributed by atoms with Crippen LogP contribution in [0.5, 0.6) is 0 Å². The minimum absolute atomic E-state index is 0.146. The van der Waals surface area contributed by atoms with Gasteiger partial charge in [-0.05, 0) is 18.2 Å². The van der Waals surface area contributed by atoms with Crippen molar-refractivity contribution in [2.24, 2.45) is 16.8 Å². The molecule has 9 nitrogen and oxygen atoms in total. The summed E-state index contributed by atoms with van der Waals surface area (Å²) in [6, 6.07) is 3.48. The molecular formula is C21H18F3N5O4. The molecule has 1 aliphatic heterocycles. The summed E-state index contributed by atoms with van der Waals surface area (Å²) in [5.41, 5.74) is 4.16. The zero-order valence-corrected chi connectivity index (χ0v) is 17.3. The standard InChI is InChI=1S/C21H18F3N5O4/c1-33-27-16-9-28(7-10(16)6-25)20-15(24)5-12-18(30)13(21(31)32)8-29(19(12)26-20)17-3-2-11(22)4-14(17)23/h2-5,8,10H,6-7,9,25H2,1H3,(H,31,32)/b27-16+. The molecule has 1 atom stereocenters. The van der Waals surface area contributed by atoms with Gasteiger partial charge in [-0.2, -0.15) is 0 Å². The SMILES string of the molecule is CO/N=C1\CN(c2nc3c(cc2F)c(=O)c(C(=O)O)cn3-c2ccc(F)cc2F)CC1CN. The molecule has 0 aliphatic carbocycles. The van der Waals surface area contributed by atoms with Gasteiger partial charge in [0.25, 0.3) is 0 Å². The lowest BCUT2D eigenvalue weighted by molar-refractivity contribution is 0.0695. The summed E-state index contributed by atoms with van der Waals surface area (Å²) in [5, 5.41) is 13.0. The molecule has 2 aromatic heterocycles. The third-order valence-corrected chi connectivity index (χ3v) is 5.37. The van der Waals surface area contributed by atoms with Crippen molar-refractivity contribution in [2.75, 3.05) is 31.6 Å². The van der Waals surface area contributed by atoms with Gasteiger partial charge in [0.15, 0.2) is 17.3 Å². The Hall–Kier alpha value is -3.93. The van der Waals surface area contributed by atoms with E-state index in [9.17, 15) is 23.5 Å². The highest BCUT2D eigenvalue weighted by Gasteiger charge is 2.32. The zero-order valence-electron chi connectivity index (χ0n) is 17.3. The maximum atomic E-state index is 15.1. The van der Waals surface area contributed by atoms with E-state index in [4.69, 9.17) is 10.6 Å². The van der Waals surface area contributed by atoms with Crippen LogP contribution < -0.4 is 16.1 Å². The third-order valence-electron chi connectivity index (χ3n) is 5.37. The van der Waals surface area contributed by atoms with Gasteiger partial charge in [-0.3, -0.25) is 9.36 Å². The molecule has 0 amide bonds. The van der Waals surface area contributed by atoms with Crippen molar-refractivity contribution >= 4 is 28.5 Å². The van der Waals surface area contributed by atoms with E-state index in [0.717, 1.165) is 29.0 Å². The van der Waals surface area contributed by atoms with Gasteiger partial charge < -0.3 is 20.6 Å². The van der Waals surface area contributed by atoms with Gasteiger partial charge in [-0.15, -0.1) is 0 Å². The second kappa shape index (κ2) is 8.54. The fourth-order valence-corrected chi connectivity index (χ4v) is 3.80. The number of carboxylic acids is 1. The van der Waals surface area contributed by atoms with Crippen LogP contribution in [-0.4, -0.2) is 53.1 Å². The second-order valence-electron chi connectivity index (χ2n) is 7.39. The Balaban J connectivity index is 1.97. The average Bonchev–Trinajstić information content (AvgIpc) is 3.17. The Bertz CT molecular complexity index is 1360. The van der Waals surface area contributed by atoms with E-state index < -0.39 is 34.4 Å². The number of hydrogen-bond acceptors (Lipinski definition) is 7. The van der Waals surface area contributed by atoms with Crippen molar-refractivity contribution in [3.8, 4) is 5.69 Å². The maximum Gasteiger partial charge on any atom is 0.341 e. The molecule has 1 unspecified atom stereocenters. The number of aromatic nitrogens is 2. The average molecular weight is 461 g/mol. The Morgan fingerprint density at radius 2 is 2.06 bits per heavy atom. The van der Waals surface area contributed by atoms with Gasteiger partial charge in [0.2, 0.25) is 5.43 Å². The number of nitrogens with two attached hydrogens (primary N) is 1. The highest BCUT2D eigenvalue weighted by Crippen LogP contribution is 2.28. The first kappa shape index (κ1) is 22.3. The lowest BCUT2D eigenvalue weighted by atomic mass is 10.1. The van der Waals surface area contributed by atoms with Crippen LogP contribution >= 0.6 is 0 Å². The van der Waals surface area contributed by atoms with Crippen molar-refractivity contribution in [2.45, 2.75) is 0 Å². The van der Waals surface area contributed by atoms with Crippen molar-refractivity contribution in [1.82, 2.24) is 9.55 Å². The van der Waals surface area contributed by atoms with Crippen LogP contribution in [0.2, 0.25) is 0 Å². The number of aromatic carboxylic acids is 1. The van der Waals surface area contributed by atoms with Gasteiger partial charge in [-0.1, -0.05) is 5.16 Å². The maximum absolute atomic E-state index is 15.1. The number of oxime groups is 1. The van der Waals surface area contributed by atoms with Gasteiger partial charge in [0.05, 0.1) is 23.3 Å². The Morgan fingerprint density at radius 3 is 2.70 bits per heavy atom. The highest BCUT2D eigenvalue weighted by molar-refractivity contribution is 5.95. The molecule has 0 radical (unpaired) electrons. The summed E-state index contributed by atoms with van der Waals surface area (Å²) < 4.78 is 44.1. The molecule has 3 N–H and O–H groups in total. The summed E-state index contributed by atoms with van der Waals surface area (Å²) in [6.45, 7) is 0.630. The summed E-state index contributed by atoms with van der Waals surface area (Å²) >= 11 is 0. The minimum Gasteiger partial charge on any atom is -0.477 e. The molecule has 3 heterocycles. The molecule has 0 bridgehead atoms. The van der Waals surface area contributed by atoms with E-state index in [1.807, 2.05) is 0 Å². The Morgan fingerprint density at radius 1 is 1.30 bits per heavy atom. The van der Waals surface area contributed by atoms with E-state index in [1.165, 1.54) is 12.0 Å². The number of nitrogens with zero attached hydrogens (tertiary/aromatic N) is 4. The van der Waals surface area contributed by atoms with E-state index in [2.05, 4.69) is 10.1 Å². The van der Waals surface area contributed by atoms with Crippen molar-refractivity contribution in [3.05, 3.63) is 63.7 Å². The molecule has 4 rings (SSSR count). The molecule has 12 heteroatoms. The molecule has 3 aromatic rings. The van der Waals surface area contributed by atoms with Crippen molar-refractivity contribution in [1.29, 1.82) is 0 Å². The number of hydrogen-bond donors (Lipinski definition) is 2. The second-order valence-corrected chi connectivity index (χ2v) is 7.39. The van der Waals surface area contributed by atoms with Crippen molar-refractivity contribution < 1.29 is 27.9 Å². The number of rotatable bonds is 5. The number of carboxylic acid groups (broad SMARTS) is 1. The monoisotopic (exact) mass is 461 g/mol. The first-order valence-electron chi connectivity index (χ1n) is 9.74. The van der Waals surface area contributed by atoms with Gasteiger partial charge in [0, 0.05) is 31.3 Å². The number of fused-ring (bicyclic) bond motifs is 1. The van der Waals surface area contributed by atoms with E-state index >= 15 is 4.39 Å². The summed E-state index contributed by atoms with van der Waals surface area (Å²) in [5.74, 6) is -4.75. The van der Waals surface area contributed by atoms with Crippen LogP contribution in [-0.2, 0) is 4.84 Å². The summed E-state index contributed by atoms with van der Waals surface area (Å²) in [6.07, 6.45) is 0.877. The lowest BCUT2D eigenvalue weighted by Gasteiger charge is -2.19. The number of pyridine rings is 2. The number of anilines is 1. The fourth-order valence-electron chi connectivity index (χ4n) is 3.80. The van der Waals surface area contributed by atoms with E-state index in [0.29, 0.717) is 11.8 Å². The van der Waals surface area contributed by atoms with E-state index in [1.54, 1.807) is 0 Å². The smallest absolute Gasteiger partial charge is 0.341 e. The Kier molecular flexibility index (Phi) is 5.77. The van der Waals surface area contributed by atoms with Crippen LogP contribution in [0.15, 0.2) is 40.4 Å². The van der Waals surface area contributed by atoms with Gasteiger partial charge >= 0.3 is 5.97 Å². The van der Waals surface area contributed by atoms with Crippen LogP contribution in [0.1, 0.15) is 10.4 Å². The lowest BCUT2D eigenvalue weighted by Crippen LogP contribution is -2.26. The molecule has 1 saturated heterocycles. The third kappa shape index (κ3) is 3.89. The number of halogens is 3. The van der Waals surface area contributed by atoms with E-state index in [-0.39, 0.29) is 48.1 Å². The van der Waals surface area contributed by atoms with Crippen LogP contribution in [0.25, 0.3) is 16.7 Å². The van der Waals surface area contributed by atoms with Crippen LogP contribution in [0.3, 0.4) is 0 Å².